The predicted octanol–water partition coefficient (Wildman–Crippen LogP) is 2.21. The standard InChI is InChI=1S/C15H12N4O2/c1-19(13-5-2-11(8-16)3-6-13)15-17-9-12(10-18-15)4-7-14(20)21/h2-7,9-10H,1H3,(H,20,21)/b7-4+. The molecule has 0 radical (unpaired) electrons. The Hall–Kier alpha value is -3.20. The van der Waals surface area contributed by atoms with E-state index in [1.807, 2.05) is 7.05 Å². The lowest BCUT2D eigenvalue weighted by atomic mass is 10.2. The zero-order valence-corrected chi connectivity index (χ0v) is 11.3. The number of hydrogen-bond acceptors (Lipinski definition) is 5. The molecule has 2 rings (SSSR count). The van der Waals surface area contributed by atoms with Gasteiger partial charge in [0.15, 0.2) is 0 Å². The van der Waals surface area contributed by atoms with Crippen molar-refractivity contribution in [2.75, 3.05) is 11.9 Å². The fourth-order valence-corrected chi connectivity index (χ4v) is 1.63. The molecule has 0 saturated heterocycles. The average Bonchev–Trinajstić information content (AvgIpc) is 2.53. The fraction of sp³-hybridized carbons (Fsp3) is 0.0667. The smallest absolute Gasteiger partial charge is 0.328 e. The fourth-order valence-electron chi connectivity index (χ4n) is 1.63. The van der Waals surface area contributed by atoms with E-state index in [0.717, 1.165) is 11.8 Å². The molecule has 6 nitrogen and oxygen atoms in total. The lowest BCUT2D eigenvalue weighted by Crippen LogP contribution is -2.12. The predicted molar refractivity (Wildman–Crippen MR) is 77.9 cm³/mol. The van der Waals surface area contributed by atoms with Crippen LogP contribution in [0.2, 0.25) is 0 Å². The van der Waals surface area contributed by atoms with Crippen molar-refractivity contribution in [1.29, 1.82) is 5.26 Å². The van der Waals surface area contributed by atoms with E-state index in [2.05, 4.69) is 16.0 Å². The van der Waals surface area contributed by atoms with E-state index >= 15 is 0 Å². The molecule has 2 aromatic rings. The summed E-state index contributed by atoms with van der Waals surface area (Å²) in [4.78, 5) is 20.6. The van der Waals surface area contributed by atoms with Crippen molar-refractivity contribution in [3.8, 4) is 6.07 Å². The minimum atomic E-state index is -1.02. The second-order valence-corrected chi connectivity index (χ2v) is 4.21. The van der Waals surface area contributed by atoms with Gasteiger partial charge in [-0.3, -0.25) is 0 Å². The number of rotatable bonds is 4. The molecule has 0 aliphatic rings. The molecule has 0 atom stereocenters. The molecule has 104 valence electrons. The Morgan fingerprint density at radius 1 is 1.29 bits per heavy atom. The van der Waals surface area contributed by atoms with Crippen molar-refractivity contribution < 1.29 is 9.90 Å². The van der Waals surface area contributed by atoms with E-state index in [4.69, 9.17) is 10.4 Å². The van der Waals surface area contributed by atoms with E-state index in [1.54, 1.807) is 41.6 Å². The molecule has 0 aliphatic carbocycles. The Kier molecular flexibility index (Phi) is 4.26. The van der Waals surface area contributed by atoms with E-state index < -0.39 is 5.97 Å². The van der Waals surface area contributed by atoms with Crippen molar-refractivity contribution in [1.82, 2.24) is 9.97 Å². The van der Waals surface area contributed by atoms with Crippen molar-refractivity contribution in [3.63, 3.8) is 0 Å². The van der Waals surface area contributed by atoms with E-state index in [9.17, 15) is 4.79 Å². The number of carboxylic acids is 1. The first-order valence-electron chi connectivity index (χ1n) is 6.07. The van der Waals surface area contributed by atoms with E-state index in [1.165, 1.54) is 6.08 Å². The number of aliphatic carboxylic acids is 1. The third-order valence-corrected chi connectivity index (χ3v) is 2.76. The van der Waals surface area contributed by atoms with E-state index in [0.29, 0.717) is 17.1 Å². The average molecular weight is 280 g/mol. The Morgan fingerprint density at radius 2 is 1.90 bits per heavy atom. The van der Waals surface area contributed by atoms with Gasteiger partial charge in [-0.15, -0.1) is 0 Å². The molecule has 0 aliphatic heterocycles. The Morgan fingerprint density at radius 3 is 2.43 bits per heavy atom. The molecule has 0 unspecified atom stereocenters. The summed E-state index contributed by atoms with van der Waals surface area (Å²) in [7, 11) is 1.81. The first kappa shape index (κ1) is 14.2. The van der Waals surface area contributed by atoms with Gasteiger partial charge in [0.25, 0.3) is 0 Å². The van der Waals surface area contributed by atoms with Gasteiger partial charge in [0, 0.05) is 36.8 Å². The highest BCUT2D eigenvalue weighted by Gasteiger charge is 2.06. The highest BCUT2D eigenvalue weighted by Crippen LogP contribution is 2.20. The van der Waals surface area contributed by atoms with Crippen LogP contribution in [0.1, 0.15) is 11.1 Å². The minimum absolute atomic E-state index is 0.479. The van der Waals surface area contributed by atoms with E-state index in [-0.39, 0.29) is 0 Å². The van der Waals surface area contributed by atoms with Crippen molar-refractivity contribution in [2.45, 2.75) is 0 Å². The van der Waals surface area contributed by atoms with Crippen molar-refractivity contribution >= 4 is 23.7 Å². The highest BCUT2D eigenvalue weighted by atomic mass is 16.4. The molecule has 21 heavy (non-hydrogen) atoms. The SMILES string of the molecule is CN(c1ccc(C#N)cc1)c1ncc(/C=C/C(=O)O)cn1. The molecular formula is C15H12N4O2. The van der Waals surface area contributed by atoms with Gasteiger partial charge in [-0.2, -0.15) is 5.26 Å². The summed E-state index contributed by atoms with van der Waals surface area (Å²) in [5.41, 5.74) is 2.04. The second-order valence-electron chi connectivity index (χ2n) is 4.21. The Balaban J connectivity index is 2.17. The molecule has 1 N–H and O–H groups in total. The molecule has 0 amide bonds. The number of nitriles is 1. The van der Waals surface area contributed by atoms with Crippen LogP contribution in [0.5, 0.6) is 0 Å². The number of carbonyl (C=O) groups is 1. The van der Waals surface area contributed by atoms with Crippen LogP contribution in [0.25, 0.3) is 6.08 Å². The van der Waals surface area contributed by atoms with Crippen LogP contribution < -0.4 is 4.90 Å². The van der Waals surface area contributed by atoms with Gasteiger partial charge in [0.1, 0.15) is 0 Å². The lowest BCUT2D eigenvalue weighted by Gasteiger charge is -2.16. The summed E-state index contributed by atoms with van der Waals surface area (Å²) in [6.45, 7) is 0. The second kappa shape index (κ2) is 6.30. The molecule has 1 aromatic carbocycles. The first-order valence-corrected chi connectivity index (χ1v) is 6.07. The third kappa shape index (κ3) is 3.64. The van der Waals surface area contributed by atoms with Crippen LogP contribution in [0.15, 0.2) is 42.7 Å². The maximum Gasteiger partial charge on any atom is 0.328 e. The summed E-state index contributed by atoms with van der Waals surface area (Å²) in [5.74, 6) is -0.541. The number of nitrogens with zero attached hydrogens (tertiary/aromatic N) is 4. The Labute approximate surface area is 121 Å². The quantitative estimate of drug-likeness (QED) is 0.863. The summed E-state index contributed by atoms with van der Waals surface area (Å²) >= 11 is 0. The summed E-state index contributed by atoms with van der Waals surface area (Å²) < 4.78 is 0. The molecule has 1 heterocycles. The third-order valence-electron chi connectivity index (χ3n) is 2.76. The van der Waals surface area contributed by atoms with Gasteiger partial charge in [0.2, 0.25) is 5.95 Å². The number of anilines is 2. The van der Waals surface area contributed by atoms with Crippen LogP contribution in [0.4, 0.5) is 11.6 Å². The normalized spacial score (nSPS) is 10.3. The van der Waals surface area contributed by atoms with Crippen LogP contribution in [-0.2, 0) is 4.79 Å². The zero-order chi connectivity index (χ0) is 15.2. The monoisotopic (exact) mass is 280 g/mol. The Bertz CT molecular complexity index is 700. The number of hydrogen-bond donors (Lipinski definition) is 1. The van der Waals surface area contributed by atoms with Gasteiger partial charge in [-0.05, 0) is 30.3 Å². The summed E-state index contributed by atoms with van der Waals surface area (Å²) in [6.07, 6.45) is 5.54. The van der Waals surface area contributed by atoms with Gasteiger partial charge in [-0.1, -0.05) is 0 Å². The van der Waals surface area contributed by atoms with Crippen LogP contribution in [0, 0.1) is 11.3 Å². The molecule has 1 aromatic heterocycles. The van der Waals surface area contributed by atoms with Crippen LogP contribution >= 0.6 is 0 Å². The zero-order valence-electron chi connectivity index (χ0n) is 11.3. The highest BCUT2D eigenvalue weighted by molar-refractivity contribution is 5.85. The van der Waals surface area contributed by atoms with Crippen LogP contribution in [-0.4, -0.2) is 28.1 Å². The van der Waals surface area contributed by atoms with Crippen molar-refractivity contribution in [3.05, 3.63) is 53.9 Å². The van der Waals surface area contributed by atoms with Crippen LogP contribution in [0.3, 0.4) is 0 Å². The summed E-state index contributed by atoms with van der Waals surface area (Å²) in [6, 6.07) is 9.11. The van der Waals surface area contributed by atoms with Gasteiger partial charge in [-0.25, -0.2) is 14.8 Å². The number of carboxylic acid groups (broad SMARTS) is 1. The molecule has 0 bridgehead atoms. The number of aromatic nitrogens is 2. The van der Waals surface area contributed by atoms with Gasteiger partial charge < -0.3 is 10.0 Å². The van der Waals surface area contributed by atoms with Crippen molar-refractivity contribution in [2.24, 2.45) is 0 Å². The van der Waals surface area contributed by atoms with Gasteiger partial charge in [0.05, 0.1) is 11.6 Å². The topological polar surface area (TPSA) is 90.1 Å². The molecular weight excluding hydrogens is 268 g/mol. The van der Waals surface area contributed by atoms with Gasteiger partial charge >= 0.3 is 5.97 Å². The molecule has 6 heteroatoms. The maximum atomic E-state index is 10.4. The first-order chi connectivity index (χ1) is 10.1. The summed E-state index contributed by atoms with van der Waals surface area (Å²) in [5, 5.41) is 17.3. The number of benzene rings is 1. The maximum absolute atomic E-state index is 10.4. The molecule has 0 spiro atoms. The molecule has 0 saturated carbocycles. The minimum Gasteiger partial charge on any atom is -0.478 e. The molecule has 0 fully saturated rings. The largest absolute Gasteiger partial charge is 0.478 e. The lowest BCUT2D eigenvalue weighted by molar-refractivity contribution is -0.131.